The lowest BCUT2D eigenvalue weighted by atomic mass is 10.1. The van der Waals surface area contributed by atoms with Gasteiger partial charge in [-0.2, -0.15) is 0 Å². The minimum atomic E-state index is -0.262. The van der Waals surface area contributed by atoms with Gasteiger partial charge in [-0.05, 0) is 18.1 Å². The number of amides is 1. The van der Waals surface area contributed by atoms with Gasteiger partial charge < -0.3 is 16.0 Å². The van der Waals surface area contributed by atoms with Crippen LogP contribution in [-0.4, -0.2) is 31.6 Å². The molecule has 0 bridgehead atoms. The summed E-state index contributed by atoms with van der Waals surface area (Å²) in [7, 11) is 0. The van der Waals surface area contributed by atoms with E-state index in [1.54, 1.807) is 0 Å². The number of hydrogen-bond acceptors (Lipinski definition) is 3. The van der Waals surface area contributed by atoms with Crippen LogP contribution in [0.3, 0.4) is 0 Å². The fraction of sp³-hybridized carbons (Fsp3) is 0.462. The molecule has 0 aliphatic carbocycles. The molecule has 17 heavy (non-hydrogen) atoms. The van der Waals surface area contributed by atoms with Gasteiger partial charge in [0.25, 0.3) is 0 Å². The maximum atomic E-state index is 11.9. The lowest BCUT2D eigenvalue weighted by molar-refractivity contribution is -0.121. The molecule has 2 rings (SSSR count). The van der Waals surface area contributed by atoms with Crippen LogP contribution in [0.1, 0.15) is 6.92 Å². The average Bonchev–Trinajstić information content (AvgIpc) is 2.50. The van der Waals surface area contributed by atoms with Gasteiger partial charge >= 0.3 is 0 Å². The molecule has 0 spiro atoms. The van der Waals surface area contributed by atoms with Crippen molar-refractivity contribution in [3.05, 3.63) is 30.3 Å². The van der Waals surface area contributed by atoms with E-state index in [-0.39, 0.29) is 11.9 Å². The fourth-order valence-corrected chi connectivity index (χ4v) is 2.20. The second-order valence-corrected chi connectivity index (χ2v) is 4.59. The average molecular weight is 233 g/mol. The van der Waals surface area contributed by atoms with Crippen LogP contribution in [0.2, 0.25) is 0 Å². The van der Waals surface area contributed by atoms with Crippen LogP contribution in [0.5, 0.6) is 0 Å². The molecule has 1 amide bonds. The molecule has 1 aliphatic heterocycles. The molecule has 2 unspecified atom stereocenters. The Balaban J connectivity index is 2.30. The van der Waals surface area contributed by atoms with E-state index < -0.39 is 0 Å². The van der Waals surface area contributed by atoms with Gasteiger partial charge in [-0.1, -0.05) is 25.1 Å². The molecule has 0 radical (unpaired) electrons. The van der Waals surface area contributed by atoms with Gasteiger partial charge in [0.15, 0.2) is 0 Å². The van der Waals surface area contributed by atoms with Crippen LogP contribution in [0.4, 0.5) is 5.69 Å². The van der Waals surface area contributed by atoms with Crippen molar-refractivity contribution < 1.29 is 4.79 Å². The summed E-state index contributed by atoms with van der Waals surface area (Å²) < 4.78 is 0. The Bertz CT molecular complexity index is 380. The van der Waals surface area contributed by atoms with Crippen LogP contribution >= 0.6 is 0 Å². The van der Waals surface area contributed by atoms with E-state index in [9.17, 15) is 4.79 Å². The number of anilines is 1. The highest BCUT2D eigenvalue weighted by atomic mass is 16.2. The van der Waals surface area contributed by atoms with E-state index in [1.165, 1.54) is 0 Å². The van der Waals surface area contributed by atoms with Crippen molar-refractivity contribution in [3.8, 4) is 0 Å². The molecule has 1 heterocycles. The Morgan fingerprint density at radius 3 is 2.76 bits per heavy atom. The third-order valence-corrected chi connectivity index (χ3v) is 3.12. The fourth-order valence-electron chi connectivity index (χ4n) is 2.20. The maximum Gasteiger partial charge on any atom is 0.244 e. The molecule has 2 atom stereocenters. The van der Waals surface area contributed by atoms with Crippen molar-refractivity contribution in [2.75, 3.05) is 24.5 Å². The summed E-state index contributed by atoms with van der Waals surface area (Å²) in [6.45, 7) is 4.05. The molecule has 4 nitrogen and oxygen atoms in total. The van der Waals surface area contributed by atoms with Crippen molar-refractivity contribution in [3.63, 3.8) is 0 Å². The molecule has 0 saturated carbocycles. The molecular weight excluding hydrogens is 214 g/mol. The lowest BCUT2D eigenvalue weighted by Gasteiger charge is -2.30. The first-order valence-electron chi connectivity index (χ1n) is 6.02. The third-order valence-electron chi connectivity index (χ3n) is 3.12. The molecular formula is C13H19N3O. The number of nitrogens with zero attached hydrogens (tertiary/aromatic N) is 1. The van der Waals surface area contributed by atoms with Crippen LogP contribution in [-0.2, 0) is 4.79 Å². The Labute approximate surface area is 102 Å². The van der Waals surface area contributed by atoms with Gasteiger partial charge in [-0.25, -0.2) is 0 Å². The number of para-hydroxylation sites is 1. The van der Waals surface area contributed by atoms with Crippen LogP contribution in [0.15, 0.2) is 30.3 Å². The summed E-state index contributed by atoms with van der Waals surface area (Å²) in [6, 6.07) is 9.72. The summed E-state index contributed by atoms with van der Waals surface area (Å²) >= 11 is 0. The quantitative estimate of drug-likeness (QED) is 0.786. The zero-order valence-electron chi connectivity index (χ0n) is 10.1. The van der Waals surface area contributed by atoms with Crippen molar-refractivity contribution in [2.45, 2.75) is 13.0 Å². The highest BCUT2D eigenvalue weighted by Gasteiger charge is 2.29. The number of carbonyl (C=O) groups is 1. The normalized spacial score (nSPS) is 25.3. The number of nitrogens with two attached hydrogens (primary N) is 1. The molecule has 1 aromatic rings. The standard InChI is InChI=1S/C13H19N3O/c1-10-8-15-13(17)12(7-14)16(9-10)11-5-3-2-4-6-11/h2-6,10,12H,7-9,14H2,1H3,(H,15,17). The summed E-state index contributed by atoms with van der Waals surface area (Å²) in [4.78, 5) is 14.0. The topological polar surface area (TPSA) is 58.4 Å². The number of nitrogens with one attached hydrogen (secondary N) is 1. The van der Waals surface area contributed by atoms with E-state index in [1.807, 2.05) is 30.3 Å². The van der Waals surface area contributed by atoms with Gasteiger partial charge in [0.05, 0.1) is 0 Å². The first-order chi connectivity index (χ1) is 8.22. The molecule has 1 aromatic carbocycles. The molecule has 4 heteroatoms. The minimum Gasteiger partial charge on any atom is -0.358 e. The Morgan fingerprint density at radius 2 is 2.12 bits per heavy atom. The first-order valence-corrected chi connectivity index (χ1v) is 6.02. The highest BCUT2D eigenvalue weighted by Crippen LogP contribution is 2.19. The van der Waals surface area contributed by atoms with Gasteiger partial charge in [0, 0.05) is 25.3 Å². The largest absolute Gasteiger partial charge is 0.358 e. The number of rotatable bonds is 2. The van der Waals surface area contributed by atoms with E-state index in [4.69, 9.17) is 5.73 Å². The Hall–Kier alpha value is -1.55. The molecule has 0 aromatic heterocycles. The van der Waals surface area contributed by atoms with Crippen molar-refractivity contribution in [2.24, 2.45) is 11.7 Å². The monoisotopic (exact) mass is 233 g/mol. The van der Waals surface area contributed by atoms with E-state index >= 15 is 0 Å². The molecule has 3 N–H and O–H groups in total. The second-order valence-electron chi connectivity index (χ2n) is 4.59. The number of hydrogen-bond donors (Lipinski definition) is 2. The SMILES string of the molecule is CC1CNC(=O)C(CN)N(c2ccccc2)C1. The predicted octanol–water partition coefficient (Wildman–Crippen LogP) is 0.586. The summed E-state index contributed by atoms with van der Waals surface area (Å²) in [5.74, 6) is 0.455. The lowest BCUT2D eigenvalue weighted by Crippen LogP contribution is -2.49. The van der Waals surface area contributed by atoms with E-state index in [2.05, 4.69) is 17.1 Å². The smallest absolute Gasteiger partial charge is 0.244 e. The highest BCUT2D eigenvalue weighted by molar-refractivity contribution is 5.86. The molecule has 1 fully saturated rings. The molecule has 1 saturated heterocycles. The summed E-state index contributed by atoms with van der Waals surface area (Å²) in [6.07, 6.45) is 0. The molecule has 1 aliphatic rings. The van der Waals surface area contributed by atoms with E-state index in [0.717, 1.165) is 18.8 Å². The number of carbonyl (C=O) groups excluding carboxylic acids is 1. The third kappa shape index (κ3) is 2.58. The zero-order chi connectivity index (χ0) is 12.3. The second kappa shape index (κ2) is 5.19. The van der Waals surface area contributed by atoms with E-state index in [0.29, 0.717) is 12.5 Å². The maximum absolute atomic E-state index is 11.9. The van der Waals surface area contributed by atoms with Gasteiger partial charge in [-0.15, -0.1) is 0 Å². The van der Waals surface area contributed by atoms with Gasteiger partial charge in [0.2, 0.25) is 5.91 Å². The molecule has 92 valence electrons. The van der Waals surface area contributed by atoms with Crippen LogP contribution < -0.4 is 16.0 Å². The van der Waals surface area contributed by atoms with Crippen LogP contribution in [0.25, 0.3) is 0 Å². The van der Waals surface area contributed by atoms with Crippen molar-refractivity contribution in [1.29, 1.82) is 0 Å². The summed E-state index contributed by atoms with van der Waals surface area (Å²) in [5, 5.41) is 2.93. The van der Waals surface area contributed by atoms with Gasteiger partial charge in [-0.3, -0.25) is 4.79 Å². The summed E-state index contributed by atoms with van der Waals surface area (Å²) in [5.41, 5.74) is 6.80. The van der Waals surface area contributed by atoms with Crippen molar-refractivity contribution >= 4 is 11.6 Å². The minimum absolute atomic E-state index is 0.0284. The number of benzene rings is 1. The Morgan fingerprint density at radius 1 is 1.41 bits per heavy atom. The Kier molecular flexibility index (Phi) is 3.64. The van der Waals surface area contributed by atoms with Crippen LogP contribution in [0, 0.1) is 5.92 Å². The predicted molar refractivity (Wildman–Crippen MR) is 68.8 cm³/mol. The van der Waals surface area contributed by atoms with Gasteiger partial charge in [0.1, 0.15) is 6.04 Å². The van der Waals surface area contributed by atoms with Crippen molar-refractivity contribution in [1.82, 2.24) is 5.32 Å². The first kappa shape index (κ1) is 11.9. The zero-order valence-corrected chi connectivity index (χ0v) is 10.1.